The lowest BCUT2D eigenvalue weighted by Gasteiger charge is -2.40. The lowest BCUT2D eigenvalue weighted by molar-refractivity contribution is -0.125. The molecule has 34 heavy (non-hydrogen) atoms. The molecule has 1 saturated heterocycles. The smallest absolute Gasteiger partial charge is 0.238 e. The molecule has 4 heteroatoms. The Bertz CT molecular complexity index is 1330. The van der Waals surface area contributed by atoms with E-state index in [1.165, 1.54) is 21.9 Å². The number of anilines is 1. The fourth-order valence-corrected chi connectivity index (χ4v) is 7.29. The predicted octanol–water partition coefficient (Wildman–Crippen LogP) is 5.19. The second-order valence-corrected chi connectivity index (χ2v) is 10.6. The summed E-state index contributed by atoms with van der Waals surface area (Å²) >= 11 is 0. The van der Waals surface area contributed by atoms with Crippen molar-refractivity contribution < 1.29 is 9.59 Å². The van der Waals surface area contributed by atoms with Crippen molar-refractivity contribution in [2.24, 2.45) is 5.92 Å². The molecule has 3 atom stereocenters. The van der Waals surface area contributed by atoms with Gasteiger partial charge in [0.2, 0.25) is 5.91 Å². The van der Waals surface area contributed by atoms with Gasteiger partial charge >= 0.3 is 0 Å². The molecule has 3 aromatic rings. The molecule has 2 fully saturated rings. The molecule has 1 amide bonds. The minimum atomic E-state index is -0.580. The van der Waals surface area contributed by atoms with Gasteiger partial charge in [0.05, 0.1) is 5.41 Å². The average molecular weight is 451 g/mol. The summed E-state index contributed by atoms with van der Waals surface area (Å²) in [6.45, 7) is 3.90. The molecule has 1 spiro atoms. The highest BCUT2D eigenvalue weighted by Crippen LogP contribution is 2.63. The van der Waals surface area contributed by atoms with E-state index in [1.807, 2.05) is 19.1 Å². The molecular weight excluding hydrogens is 420 g/mol. The number of nitrogens with zero attached hydrogens (tertiary/aromatic N) is 2. The van der Waals surface area contributed by atoms with Crippen LogP contribution in [0.25, 0.3) is 10.8 Å². The molecule has 4 aliphatic rings. The number of hydrogen-bond donors (Lipinski definition) is 0. The van der Waals surface area contributed by atoms with E-state index >= 15 is 0 Å². The summed E-state index contributed by atoms with van der Waals surface area (Å²) in [6.07, 6.45) is 4.24. The van der Waals surface area contributed by atoms with Gasteiger partial charge in [-0.2, -0.15) is 0 Å². The van der Waals surface area contributed by atoms with E-state index < -0.39 is 5.41 Å². The molecule has 0 radical (unpaired) electrons. The summed E-state index contributed by atoms with van der Waals surface area (Å²) in [5.74, 6) is 0.278. The van der Waals surface area contributed by atoms with Gasteiger partial charge in [-0.25, -0.2) is 0 Å². The van der Waals surface area contributed by atoms with Gasteiger partial charge in [0, 0.05) is 43.2 Å². The lowest BCUT2D eigenvalue weighted by Crippen LogP contribution is -2.48. The van der Waals surface area contributed by atoms with Crippen LogP contribution in [0.3, 0.4) is 0 Å². The number of Topliss-reactive ketones (excluding diaryl/α,β-unsaturated/α-hetero) is 1. The first-order valence-corrected chi connectivity index (χ1v) is 12.8. The monoisotopic (exact) mass is 450 g/mol. The van der Waals surface area contributed by atoms with Gasteiger partial charge in [0.1, 0.15) is 5.78 Å². The number of piperidine rings is 1. The Morgan fingerprint density at radius 2 is 1.76 bits per heavy atom. The Hall–Kier alpha value is -2.98. The van der Waals surface area contributed by atoms with Gasteiger partial charge in [-0.05, 0) is 59.2 Å². The van der Waals surface area contributed by atoms with Gasteiger partial charge in [-0.15, -0.1) is 0 Å². The van der Waals surface area contributed by atoms with Crippen LogP contribution in [-0.2, 0) is 21.4 Å². The number of benzene rings is 3. The maximum Gasteiger partial charge on any atom is 0.238 e. The largest absolute Gasteiger partial charge is 0.308 e. The summed E-state index contributed by atoms with van der Waals surface area (Å²) in [4.78, 5) is 31.1. The Balaban J connectivity index is 1.13. The van der Waals surface area contributed by atoms with Crippen molar-refractivity contribution in [2.45, 2.75) is 56.5 Å². The SMILES string of the molecule is CCC(=O)[C@H]1CC12C(=O)N(C1CCN(C3Cc4cccc5cccc3c45)CC1)c1ccccc12. The molecule has 3 aromatic carbocycles. The van der Waals surface area contributed by atoms with E-state index in [0.717, 1.165) is 43.6 Å². The molecule has 2 aliphatic carbocycles. The average Bonchev–Trinajstić information content (AvgIpc) is 3.46. The van der Waals surface area contributed by atoms with Crippen molar-refractivity contribution in [2.75, 3.05) is 18.0 Å². The third kappa shape index (κ3) is 2.63. The van der Waals surface area contributed by atoms with Gasteiger partial charge in [-0.3, -0.25) is 14.5 Å². The van der Waals surface area contributed by atoms with E-state index in [4.69, 9.17) is 0 Å². The van der Waals surface area contributed by atoms with Crippen LogP contribution in [0.5, 0.6) is 0 Å². The number of hydrogen-bond acceptors (Lipinski definition) is 3. The summed E-state index contributed by atoms with van der Waals surface area (Å²) < 4.78 is 0. The highest BCUT2D eigenvalue weighted by atomic mass is 16.2. The molecule has 0 aromatic heterocycles. The standard InChI is InChI=1S/C30H30N2O2/c1-2-27(33)24-18-30(24)23-11-3-4-12-25(23)32(29(30)34)21-13-15-31(16-14-21)26-17-20-9-5-7-19-8-6-10-22(26)28(19)20/h3-12,21,24,26H,2,13-18H2,1H3/t24-,26?,30?/m1/s1. The maximum atomic E-state index is 13.8. The first-order chi connectivity index (χ1) is 16.6. The van der Waals surface area contributed by atoms with E-state index in [1.54, 1.807) is 0 Å². The Morgan fingerprint density at radius 1 is 1.00 bits per heavy atom. The second kappa shape index (κ2) is 7.26. The topological polar surface area (TPSA) is 40.6 Å². The summed E-state index contributed by atoms with van der Waals surface area (Å²) in [7, 11) is 0. The molecule has 2 unspecified atom stereocenters. The zero-order valence-electron chi connectivity index (χ0n) is 19.7. The van der Waals surface area contributed by atoms with E-state index in [0.29, 0.717) is 18.9 Å². The van der Waals surface area contributed by atoms with Crippen LogP contribution >= 0.6 is 0 Å². The number of fused-ring (bicyclic) bond motifs is 2. The minimum Gasteiger partial charge on any atom is -0.308 e. The highest BCUT2D eigenvalue weighted by Gasteiger charge is 2.69. The quantitative estimate of drug-likeness (QED) is 0.550. The Morgan fingerprint density at radius 3 is 2.56 bits per heavy atom. The van der Waals surface area contributed by atoms with Crippen LogP contribution in [0, 0.1) is 5.92 Å². The van der Waals surface area contributed by atoms with Crippen molar-refractivity contribution in [3.05, 3.63) is 77.4 Å². The molecule has 172 valence electrons. The van der Waals surface area contributed by atoms with Crippen molar-refractivity contribution in [1.82, 2.24) is 4.90 Å². The highest BCUT2D eigenvalue weighted by molar-refractivity contribution is 6.14. The number of likely N-dealkylation sites (tertiary alicyclic amines) is 1. The number of rotatable bonds is 4. The van der Waals surface area contributed by atoms with Crippen LogP contribution in [-0.4, -0.2) is 35.7 Å². The van der Waals surface area contributed by atoms with Crippen molar-refractivity contribution in [3.8, 4) is 0 Å². The summed E-state index contributed by atoms with van der Waals surface area (Å²) in [5.41, 5.74) is 4.49. The number of carbonyl (C=O) groups is 2. The number of carbonyl (C=O) groups excluding carboxylic acids is 2. The summed E-state index contributed by atoms with van der Waals surface area (Å²) in [6, 6.07) is 22.3. The lowest BCUT2D eigenvalue weighted by atomic mass is 9.93. The molecule has 4 nitrogen and oxygen atoms in total. The Labute approximate surface area is 200 Å². The van der Waals surface area contributed by atoms with E-state index in [2.05, 4.69) is 58.3 Å². The van der Waals surface area contributed by atoms with Gasteiger partial charge in [0.15, 0.2) is 0 Å². The first kappa shape index (κ1) is 20.4. The van der Waals surface area contributed by atoms with Gasteiger partial charge < -0.3 is 4.90 Å². The van der Waals surface area contributed by atoms with E-state index in [-0.39, 0.29) is 23.7 Å². The number of ketones is 1. The normalized spacial score (nSPS) is 28.1. The molecule has 1 saturated carbocycles. The van der Waals surface area contributed by atoms with Crippen LogP contribution in [0.1, 0.15) is 55.3 Å². The Kier molecular flexibility index (Phi) is 4.35. The molecule has 7 rings (SSSR count). The van der Waals surface area contributed by atoms with Crippen LogP contribution in [0.15, 0.2) is 60.7 Å². The zero-order chi connectivity index (χ0) is 23.0. The van der Waals surface area contributed by atoms with E-state index in [9.17, 15) is 9.59 Å². The second-order valence-electron chi connectivity index (χ2n) is 10.6. The van der Waals surface area contributed by atoms with Crippen LogP contribution in [0.4, 0.5) is 5.69 Å². The number of para-hydroxylation sites is 1. The molecule has 0 N–H and O–H groups in total. The van der Waals surface area contributed by atoms with Crippen molar-refractivity contribution in [1.29, 1.82) is 0 Å². The van der Waals surface area contributed by atoms with Gasteiger partial charge in [-0.1, -0.05) is 61.5 Å². The van der Waals surface area contributed by atoms with Crippen LogP contribution in [0.2, 0.25) is 0 Å². The predicted molar refractivity (Wildman–Crippen MR) is 134 cm³/mol. The minimum absolute atomic E-state index is 0.131. The van der Waals surface area contributed by atoms with Crippen LogP contribution < -0.4 is 4.90 Å². The molecule has 2 aliphatic heterocycles. The fraction of sp³-hybridized carbons (Fsp3) is 0.400. The fourth-order valence-electron chi connectivity index (χ4n) is 7.29. The van der Waals surface area contributed by atoms with Crippen molar-refractivity contribution >= 4 is 28.2 Å². The third-order valence-corrected chi connectivity index (χ3v) is 9.04. The molecule has 2 heterocycles. The summed E-state index contributed by atoms with van der Waals surface area (Å²) in [5, 5.41) is 2.79. The molecule has 0 bridgehead atoms. The van der Waals surface area contributed by atoms with Gasteiger partial charge in [0.25, 0.3) is 0 Å². The third-order valence-electron chi connectivity index (χ3n) is 9.04. The zero-order valence-corrected chi connectivity index (χ0v) is 19.7. The van der Waals surface area contributed by atoms with Crippen molar-refractivity contribution in [3.63, 3.8) is 0 Å². The maximum absolute atomic E-state index is 13.8. The molecular formula is C30H30N2O2. The first-order valence-electron chi connectivity index (χ1n) is 12.8. The number of amides is 1.